The Morgan fingerprint density at radius 2 is 1.65 bits per heavy atom. The van der Waals surface area contributed by atoms with Gasteiger partial charge >= 0.3 is 0 Å². The fourth-order valence-corrected chi connectivity index (χ4v) is 2.52. The summed E-state index contributed by atoms with van der Waals surface area (Å²) in [6.45, 7) is 13.4. The maximum atomic E-state index is 9.16. The number of nitriles is 1. The highest BCUT2D eigenvalue weighted by Crippen LogP contribution is 2.19. The normalized spacial score (nSPS) is 16.6. The van der Waals surface area contributed by atoms with Crippen molar-refractivity contribution in [2.75, 3.05) is 39.3 Å². The molecule has 1 N–H and O–H groups in total. The molecule has 1 atom stereocenters. The van der Waals surface area contributed by atoms with Gasteiger partial charge in [0.05, 0.1) is 12.1 Å². The molecule has 1 unspecified atom stereocenters. The second-order valence-corrected chi connectivity index (χ2v) is 5.73. The molecule has 0 heterocycles. The number of hydrogen-bond donors (Lipinski definition) is 1. The van der Waals surface area contributed by atoms with E-state index < -0.39 is 0 Å². The highest BCUT2D eigenvalue weighted by Gasteiger charge is 2.24. The Morgan fingerprint density at radius 3 is 2.15 bits per heavy atom. The molecule has 1 aliphatic rings. The third-order valence-electron chi connectivity index (χ3n) is 4.19. The minimum atomic E-state index is 0.0410. The van der Waals surface area contributed by atoms with Gasteiger partial charge in [-0.15, -0.1) is 0 Å². The Morgan fingerprint density at radius 1 is 1.05 bits per heavy atom. The summed E-state index contributed by atoms with van der Waals surface area (Å²) >= 11 is 0. The zero-order valence-electron chi connectivity index (χ0n) is 13.6. The van der Waals surface area contributed by atoms with Gasteiger partial charge in [0, 0.05) is 12.6 Å². The number of rotatable bonds is 12. The lowest BCUT2D eigenvalue weighted by molar-refractivity contribution is 0.238. The van der Waals surface area contributed by atoms with Crippen LogP contribution < -0.4 is 5.32 Å². The van der Waals surface area contributed by atoms with Crippen molar-refractivity contribution < 1.29 is 0 Å². The average Bonchev–Trinajstić information content (AvgIpc) is 3.29. The summed E-state index contributed by atoms with van der Waals surface area (Å²) in [5, 5.41) is 12.6. The first-order valence-corrected chi connectivity index (χ1v) is 8.33. The minimum Gasteiger partial charge on any atom is -0.304 e. The summed E-state index contributed by atoms with van der Waals surface area (Å²) in [6, 6.07) is 3.06. The summed E-state index contributed by atoms with van der Waals surface area (Å²) in [5.41, 5.74) is 0. The van der Waals surface area contributed by atoms with Crippen LogP contribution in [0.25, 0.3) is 0 Å². The van der Waals surface area contributed by atoms with E-state index in [1.807, 2.05) is 0 Å². The molecular formula is C16H32N4. The molecule has 0 bridgehead atoms. The van der Waals surface area contributed by atoms with Crippen LogP contribution in [0.15, 0.2) is 0 Å². The van der Waals surface area contributed by atoms with Gasteiger partial charge in [0.1, 0.15) is 0 Å². The van der Waals surface area contributed by atoms with Crippen LogP contribution in [0, 0.1) is 11.3 Å². The molecule has 0 spiro atoms. The van der Waals surface area contributed by atoms with Crippen molar-refractivity contribution in [3.8, 4) is 6.07 Å². The van der Waals surface area contributed by atoms with Gasteiger partial charge in [-0.3, -0.25) is 5.32 Å². The van der Waals surface area contributed by atoms with Crippen molar-refractivity contribution in [2.45, 2.75) is 58.5 Å². The van der Waals surface area contributed by atoms with E-state index in [1.165, 1.54) is 25.8 Å². The molecule has 4 nitrogen and oxygen atoms in total. The lowest BCUT2D eigenvalue weighted by Crippen LogP contribution is -2.36. The highest BCUT2D eigenvalue weighted by atomic mass is 15.1. The molecule has 0 radical (unpaired) electrons. The Bertz CT molecular complexity index is 279. The van der Waals surface area contributed by atoms with Crippen LogP contribution in [0.1, 0.15) is 46.5 Å². The van der Waals surface area contributed by atoms with Crippen LogP contribution >= 0.6 is 0 Å². The molecule has 1 aliphatic carbocycles. The molecule has 116 valence electrons. The predicted octanol–water partition coefficient (Wildman–Crippen LogP) is 2.07. The van der Waals surface area contributed by atoms with Crippen molar-refractivity contribution in [3.05, 3.63) is 0 Å². The van der Waals surface area contributed by atoms with E-state index in [1.54, 1.807) is 0 Å². The Kier molecular flexibility index (Phi) is 8.84. The molecule has 1 fully saturated rings. The molecule has 0 aromatic heterocycles. The lowest BCUT2D eigenvalue weighted by Gasteiger charge is -2.24. The van der Waals surface area contributed by atoms with Crippen LogP contribution in [0.2, 0.25) is 0 Å². The number of nitrogens with zero attached hydrogens (tertiary/aromatic N) is 3. The first-order valence-electron chi connectivity index (χ1n) is 8.33. The SMILES string of the molecule is CCN(CC)CCCN(CC)CCC(C#N)NC1CC1. The van der Waals surface area contributed by atoms with Gasteiger partial charge in [0.2, 0.25) is 0 Å². The Balaban J connectivity index is 2.15. The van der Waals surface area contributed by atoms with E-state index in [0.717, 1.165) is 39.1 Å². The van der Waals surface area contributed by atoms with E-state index in [2.05, 4.69) is 42.0 Å². The summed E-state index contributed by atoms with van der Waals surface area (Å²) < 4.78 is 0. The maximum absolute atomic E-state index is 9.16. The van der Waals surface area contributed by atoms with Gasteiger partial charge in [-0.1, -0.05) is 20.8 Å². The number of nitrogens with one attached hydrogen (secondary N) is 1. The van der Waals surface area contributed by atoms with E-state index >= 15 is 0 Å². The smallest absolute Gasteiger partial charge is 0.0967 e. The van der Waals surface area contributed by atoms with Gasteiger partial charge in [0.25, 0.3) is 0 Å². The van der Waals surface area contributed by atoms with E-state index in [9.17, 15) is 0 Å². The molecule has 1 saturated carbocycles. The van der Waals surface area contributed by atoms with Crippen molar-refractivity contribution >= 4 is 0 Å². The van der Waals surface area contributed by atoms with Gasteiger partial charge in [-0.25, -0.2) is 0 Å². The third kappa shape index (κ3) is 7.23. The third-order valence-corrected chi connectivity index (χ3v) is 4.19. The van der Waals surface area contributed by atoms with Crippen molar-refractivity contribution in [3.63, 3.8) is 0 Å². The first-order chi connectivity index (χ1) is 9.73. The Labute approximate surface area is 125 Å². The largest absolute Gasteiger partial charge is 0.304 e. The van der Waals surface area contributed by atoms with E-state index in [0.29, 0.717) is 6.04 Å². The minimum absolute atomic E-state index is 0.0410. The van der Waals surface area contributed by atoms with Gasteiger partial charge < -0.3 is 9.80 Å². The van der Waals surface area contributed by atoms with Crippen LogP contribution in [-0.4, -0.2) is 61.2 Å². The molecule has 0 aromatic carbocycles. The molecule has 0 aromatic rings. The van der Waals surface area contributed by atoms with E-state index in [4.69, 9.17) is 5.26 Å². The molecule has 0 aliphatic heterocycles. The Hall–Kier alpha value is -0.630. The number of hydrogen-bond acceptors (Lipinski definition) is 4. The average molecular weight is 280 g/mol. The highest BCUT2D eigenvalue weighted by molar-refractivity contribution is 4.96. The molecule has 1 rings (SSSR count). The van der Waals surface area contributed by atoms with Gasteiger partial charge in [0.15, 0.2) is 0 Å². The van der Waals surface area contributed by atoms with Crippen LogP contribution in [-0.2, 0) is 0 Å². The zero-order valence-corrected chi connectivity index (χ0v) is 13.6. The fraction of sp³-hybridized carbons (Fsp3) is 0.938. The molecule has 4 heteroatoms. The quantitative estimate of drug-likeness (QED) is 0.594. The predicted molar refractivity (Wildman–Crippen MR) is 84.7 cm³/mol. The summed E-state index contributed by atoms with van der Waals surface area (Å²) in [6.07, 6.45) is 4.67. The topological polar surface area (TPSA) is 42.3 Å². The standard InChI is InChI=1S/C16H32N4/c1-4-19(5-2)11-7-12-20(6-3)13-10-16(14-17)18-15-8-9-15/h15-16,18H,4-13H2,1-3H3. The van der Waals surface area contributed by atoms with Crippen LogP contribution in [0.3, 0.4) is 0 Å². The van der Waals surface area contributed by atoms with Crippen molar-refractivity contribution in [1.82, 2.24) is 15.1 Å². The first kappa shape index (κ1) is 17.4. The van der Waals surface area contributed by atoms with Crippen molar-refractivity contribution in [1.29, 1.82) is 5.26 Å². The van der Waals surface area contributed by atoms with Gasteiger partial charge in [-0.2, -0.15) is 5.26 Å². The van der Waals surface area contributed by atoms with Crippen molar-refractivity contribution in [2.24, 2.45) is 0 Å². The molecular weight excluding hydrogens is 248 g/mol. The maximum Gasteiger partial charge on any atom is 0.0967 e. The van der Waals surface area contributed by atoms with Crippen LogP contribution in [0.5, 0.6) is 0 Å². The van der Waals surface area contributed by atoms with Crippen LogP contribution in [0.4, 0.5) is 0 Å². The second kappa shape index (κ2) is 10.1. The summed E-state index contributed by atoms with van der Waals surface area (Å²) in [4.78, 5) is 4.95. The summed E-state index contributed by atoms with van der Waals surface area (Å²) in [7, 11) is 0. The summed E-state index contributed by atoms with van der Waals surface area (Å²) in [5.74, 6) is 0. The van der Waals surface area contributed by atoms with Gasteiger partial charge in [-0.05, 0) is 58.4 Å². The molecule has 20 heavy (non-hydrogen) atoms. The fourth-order valence-electron chi connectivity index (χ4n) is 2.52. The zero-order chi connectivity index (χ0) is 14.8. The molecule has 0 amide bonds. The lowest BCUT2D eigenvalue weighted by atomic mass is 10.2. The monoisotopic (exact) mass is 280 g/mol. The van der Waals surface area contributed by atoms with E-state index in [-0.39, 0.29) is 6.04 Å². The molecule has 0 saturated heterocycles. The second-order valence-electron chi connectivity index (χ2n) is 5.73.